The van der Waals surface area contributed by atoms with Gasteiger partial charge in [-0.2, -0.15) is 0 Å². The Bertz CT molecular complexity index is 498. The zero-order valence-electron chi connectivity index (χ0n) is 12.3. The third kappa shape index (κ3) is 2.68. The molecule has 108 valence electrons. The molecule has 1 aromatic carbocycles. The summed E-state index contributed by atoms with van der Waals surface area (Å²) in [5, 5.41) is 3.59. The van der Waals surface area contributed by atoms with Crippen molar-refractivity contribution in [3.8, 4) is 11.5 Å². The molecule has 1 fully saturated rings. The van der Waals surface area contributed by atoms with Crippen LogP contribution < -0.4 is 14.8 Å². The summed E-state index contributed by atoms with van der Waals surface area (Å²) in [6.45, 7) is 2.00. The van der Waals surface area contributed by atoms with E-state index in [1.54, 1.807) is 14.2 Å². The second kappa shape index (κ2) is 5.88. The molecule has 0 spiro atoms. The largest absolute Gasteiger partial charge is 0.493 e. The minimum Gasteiger partial charge on any atom is -0.493 e. The summed E-state index contributed by atoms with van der Waals surface area (Å²) in [7, 11) is 3.34. The van der Waals surface area contributed by atoms with E-state index in [0.29, 0.717) is 0 Å². The molecule has 0 aliphatic heterocycles. The second-order valence-electron chi connectivity index (χ2n) is 5.86. The Hall–Kier alpha value is -1.48. The molecular formula is C17H23NO2. The van der Waals surface area contributed by atoms with Crippen LogP contribution in [0.3, 0.4) is 0 Å². The van der Waals surface area contributed by atoms with Gasteiger partial charge in [-0.15, -0.1) is 0 Å². The highest BCUT2D eigenvalue weighted by Gasteiger charge is 2.34. The topological polar surface area (TPSA) is 30.5 Å². The van der Waals surface area contributed by atoms with E-state index in [9.17, 15) is 0 Å². The smallest absolute Gasteiger partial charge is 0.161 e. The molecule has 0 aromatic heterocycles. The van der Waals surface area contributed by atoms with Crippen molar-refractivity contribution in [1.82, 2.24) is 5.32 Å². The molecule has 3 unspecified atom stereocenters. The van der Waals surface area contributed by atoms with Gasteiger partial charge in [0.25, 0.3) is 0 Å². The van der Waals surface area contributed by atoms with E-state index in [2.05, 4.69) is 23.5 Å². The van der Waals surface area contributed by atoms with Gasteiger partial charge in [-0.1, -0.05) is 18.2 Å². The van der Waals surface area contributed by atoms with Crippen LogP contribution in [0.2, 0.25) is 0 Å². The maximum atomic E-state index is 5.33. The molecule has 0 radical (unpaired) electrons. The van der Waals surface area contributed by atoms with Crippen molar-refractivity contribution < 1.29 is 9.47 Å². The first-order chi connectivity index (χ1) is 9.80. The normalized spacial score (nSPS) is 27.0. The number of hydrogen-bond donors (Lipinski definition) is 1. The van der Waals surface area contributed by atoms with Gasteiger partial charge in [0, 0.05) is 6.54 Å². The van der Waals surface area contributed by atoms with Gasteiger partial charge in [-0.25, -0.2) is 0 Å². The van der Waals surface area contributed by atoms with Gasteiger partial charge >= 0.3 is 0 Å². The number of nitrogens with one attached hydrogen (secondary N) is 1. The van der Waals surface area contributed by atoms with Gasteiger partial charge in [0.05, 0.1) is 14.2 Å². The maximum absolute atomic E-state index is 5.33. The number of fused-ring (bicyclic) bond motifs is 2. The highest BCUT2D eigenvalue weighted by molar-refractivity contribution is 5.42. The molecular weight excluding hydrogens is 250 g/mol. The monoisotopic (exact) mass is 273 g/mol. The number of rotatable bonds is 6. The Morgan fingerprint density at radius 2 is 1.95 bits per heavy atom. The lowest BCUT2D eigenvalue weighted by atomic mass is 9.93. The quantitative estimate of drug-likeness (QED) is 0.808. The third-order valence-electron chi connectivity index (χ3n) is 4.60. The van der Waals surface area contributed by atoms with Crippen LogP contribution in [-0.4, -0.2) is 20.8 Å². The second-order valence-corrected chi connectivity index (χ2v) is 5.86. The molecule has 2 bridgehead atoms. The molecule has 3 rings (SSSR count). The first-order valence-corrected chi connectivity index (χ1v) is 7.40. The van der Waals surface area contributed by atoms with E-state index in [1.807, 2.05) is 12.1 Å². The fourth-order valence-corrected chi connectivity index (χ4v) is 3.52. The molecule has 2 aliphatic carbocycles. The van der Waals surface area contributed by atoms with Crippen molar-refractivity contribution in [3.05, 3.63) is 35.9 Å². The summed E-state index contributed by atoms with van der Waals surface area (Å²) in [4.78, 5) is 0. The molecule has 2 aliphatic rings. The number of ether oxygens (including phenoxy) is 2. The zero-order valence-corrected chi connectivity index (χ0v) is 12.3. The highest BCUT2D eigenvalue weighted by atomic mass is 16.5. The van der Waals surface area contributed by atoms with E-state index in [0.717, 1.165) is 42.3 Å². The standard InChI is InChI=1S/C17H23NO2/c1-19-16-6-4-13(9-17(16)20-2)10-18-11-15-8-12-3-5-14(15)7-12/h3-6,9,12,14-15,18H,7-8,10-11H2,1-2H3. The molecule has 3 heteroatoms. The van der Waals surface area contributed by atoms with E-state index < -0.39 is 0 Å². The average Bonchev–Trinajstić information content (AvgIpc) is 3.09. The van der Waals surface area contributed by atoms with Crippen LogP contribution in [0.15, 0.2) is 30.4 Å². The lowest BCUT2D eigenvalue weighted by molar-refractivity contribution is 0.354. The minimum atomic E-state index is 0.787. The average molecular weight is 273 g/mol. The number of hydrogen-bond acceptors (Lipinski definition) is 3. The van der Waals surface area contributed by atoms with Crippen molar-refractivity contribution in [2.24, 2.45) is 17.8 Å². The van der Waals surface area contributed by atoms with Gasteiger partial charge in [0.2, 0.25) is 0 Å². The predicted octanol–water partition coefficient (Wildman–Crippen LogP) is 3.01. The van der Waals surface area contributed by atoms with Crippen molar-refractivity contribution in [2.45, 2.75) is 19.4 Å². The van der Waals surface area contributed by atoms with Crippen LogP contribution in [-0.2, 0) is 6.54 Å². The van der Waals surface area contributed by atoms with E-state index in [1.165, 1.54) is 18.4 Å². The molecule has 20 heavy (non-hydrogen) atoms. The third-order valence-corrected chi connectivity index (χ3v) is 4.60. The Kier molecular flexibility index (Phi) is 3.97. The van der Waals surface area contributed by atoms with Crippen LogP contribution in [0.4, 0.5) is 0 Å². The lowest BCUT2D eigenvalue weighted by Crippen LogP contribution is -2.25. The van der Waals surface area contributed by atoms with Crippen molar-refractivity contribution in [2.75, 3.05) is 20.8 Å². The molecule has 1 saturated carbocycles. The first-order valence-electron chi connectivity index (χ1n) is 7.40. The zero-order chi connectivity index (χ0) is 13.9. The van der Waals surface area contributed by atoms with Crippen molar-refractivity contribution >= 4 is 0 Å². The molecule has 0 heterocycles. The summed E-state index contributed by atoms with van der Waals surface area (Å²) >= 11 is 0. The van der Waals surface area contributed by atoms with Crippen LogP contribution in [0, 0.1) is 17.8 Å². The number of methoxy groups -OCH3 is 2. The summed E-state index contributed by atoms with van der Waals surface area (Å²) in [5.41, 5.74) is 1.24. The molecule has 1 aromatic rings. The van der Waals surface area contributed by atoms with Crippen LogP contribution in [0.5, 0.6) is 11.5 Å². The Morgan fingerprint density at radius 3 is 2.60 bits per heavy atom. The van der Waals surface area contributed by atoms with Gasteiger partial charge in [0.1, 0.15) is 0 Å². The highest BCUT2D eigenvalue weighted by Crippen LogP contribution is 2.42. The summed E-state index contributed by atoms with van der Waals surface area (Å²) in [6.07, 6.45) is 7.55. The maximum Gasteiger partial charge on any atom is 0.161 e. The Labute approximate surface area is 121 Å². The molecule has 3 atom stereocenters. The molecule has 0 saturated heterocycles. The van der Waals surface area contributed by atoms with E-state index >= 15 is 0 Å². The Morgan fingerprint density at radius 1 is 1.10 bits per heavy atom. The molecule has 1 N–H and O–H groups in total. The Balaban J connectivity index is 1.52. The summed E-state index contributed by atoms with van der Waals surface area (Å²) in [5.74, 6) is 4.08. The van der Waals surface area contributed by atoms with E-state index in [4.69, 9.17) is 9.47 Å². The molecule has 3 nitrogen and oxygen atoms in total. The first kappa shape index (κ1) is 13.5. The fourth-order valence-electron chi connectivity index (χ4n) is 3.52. The number of allylic oxidation sites excluding steroid dienone is 2. The minimum absolute atomic E-state index is 0.787. The van der Waals surface area contributed by atoms with Crippen LogP contribution in [0.25, 0.3) is 0 Å². The summed E-state index contributed by atoms with van der Waals surface area (Å²) < 4.78 is 10.6. The van der Waals surface area contributed by atoms with Crippen molar-refractivity contribution in [1.29, 1.82) is 0 Å². The van der Waals surface area contributed by atoms with Gasteiger partial charge in [-0.05, 0) is 54.8 Å². The van der Waals surface area contributed by atoms with E-state index in [-0.39, 0.29) is 0 Å². The van der Waals surface area contributed by atoms with Crippen LogP contribution in [0.1, 0.15) is 18.4 Å². The fraction of sp³-hybridized carbons (Fsp3) is 0.529. The van der Waals surface area contributed by atoms with Crippen LogP contribution >= 0.6 is 0 Å². The van der Waals surface area contributed by atoms with Gasteiger partial charge in [-0.3, -0.25) is 0 Å². The van der Waals surface area contributed by atoms with Gasteiger partial charge < -0.3 is 14.8 Å². The molecule has 0 amide bonds. The summed E-state index contributed by atoms with van der Waals surface area (Å²) in [6, 6.07) is 6.11. The SMILES string of the molecule is COc1ccc(CNCC2CC3C=CC2C3)cc1OC. The lowest BCUT2D eigenvalue weighted by Gasteiger charge is -2.18. The number of benzene rings is 1. The van der Waals surface area contributed by atoms with Crippen molar-refractivity contribution in [3.63, 3.8) is 0 Å². The van der Waals surface area contributed by atoms with Gasteiger partial charge in [0.15, 0.2) is 11.5 Å². The predicted molar refractivity (Wildman–Crippen MR) is 80.1 cm³/mol.